The van der Waals surface area contributed by atoms with Gasteiger partial charge in [0, 0.05) is 20.7 Å². The molecule has 0 fully saturated rings. The normalized spacial score (nSPS) is 11.9. The molecular formula is C15H14BrClN2O. The molecule has 2 aromatic rings. The van der Waals surface area contributed by atoms with E-state index in [4.69, 9.17) is 17.3 Å². The average molecular weight is 354 g/mol. The van der Waals surface area contributed by atoms with Gasteiger partial charge >= 0.3 is 0 Å². The van der Waals surface area contributed by atoms with Crippen molar-refractivity contribution in [2.24, 2.45) is 0 Å². The third kappa shape index (κ3) is 3.74. The fourth-order valence-electron chi connectivity index (χ4n) is 1.88. The summed E-state index contributed by atoms with van der Waals surface area (Å²) in [5.41, 5.74) is 7.89. The van der Waals surface area contributed by atoms with Crippen LogP contribution < -0.4 is 11.1 Å². The number of anilines is 1. The molecule has 0 spiro atoms. The molecule has 0 bridgehead atoms. The van der Waals surface area contributed by atoms with Crippen LogP contribution in [0.4, 0.5) is 5.69 Å². The Balaban J connectivity index is 2.15. The van der Waals surface area contributed by atoms with Gasteiger partial charge in [0.2, 0.25) is 0 Å². The van der Waals surface area contributed by atoms with Gasteiger partial charge in [-0.25, -0.2) is 0 Å². The highest BCUT2D eigenvalue weighted by Gasteiger charge is 2.12. The first-order valence-corrected chi connectivity index (χ1v) is 7.25. The molecule has 0 aliphatic heterocycles. The molecule has 5 heteroatoms. The van der Waals surface area contributed by atoms with Crippen LogP contribution >= 0.6 is 27.5 Å². The molecule has 0 aliphatic carbocycles. The zero-order chi connectivity index (χ0) is 14.7. The third-order valence-corrected chi connectivity index (χ3v) is 3.56. The number of nitrogens with one attached hydrogen (secondary N) is 1. The number of hydrogen-bond acceptors (Lipinski definition) is 2. The summed E-state index contributed by atoms with van der Waals surface area (Å²) in [5, 5.41) is 3.44. The minimum Gasteiger partial charge on any atom is -0.399 e. The minimum atomic E-state index is -0.178. The van der Waals surface area contributed by atoms with Gasteiger partial charge in [0.05, 0.1) is 6.04 Å². The number of amides is 1. The monoisotopic (exact) mass is 352 g/mol. The van der Waals surface area contributed by atoms with Crippen LogP contribution in [-0.4, -0.2) is 5.91 Å². The molecule has 20 heavy (non-hydrogen) atoms. The summed E-state index contributed by atoms with van der Waals surface area (Å²) >= 11 is 9.26. The van der Waals surface area contributed by atoms with E-state index in [0.717, 1.165) is 10.0 Å². The molecule has 2 aromatic carbocycles. The van der Waals surface area contributed by atoms with Crippen LogP contribution in [0.2, 0.25) is 5.02 Å². The van der Waals surface area contributed by atoms with E-state index in [1.807, 2.05) is 31.2 Å². The Hall–Kier alpha value is -1.52. The molecule has 1 atom stereocenters. The fraction of sp³-hybridized carbons (Fsp3) is 0.133. The van der Waals surface area contributed by atoms with E-state index in [1.165, 1.54) is 0 Å². The van der Waals surface area contributed by atoms with Crippen molar-refractivity contribution in [2.75, 3.05) is 5.73 Å². The van der Waals surface area contributed by atoms with Crippen LogP contribution in [0.1, 0.15) is 28.9 Å². The molecule has 0 saturated carbocycles. The second-order valence-corrected chi connectivity index (χ2v) is 5.88. The van der Waals surface area contributed by atoms with Crippen molar-refractivity contribution in [3.8, 4) is 0 Å². The van der Waals surface area contributed by atoms with E-state index in [1.54, 1.807) is 18.2 Å². The first-order valence-electron chi connectivity index (χ1n) is 6.08. The molecule has 0 aromatic heterocycles. The number of nitrogens with two attached hydrogens (primary N) is 1. The van der Waals surface area contributed by atoms with Crippen LogP contribution in [0.25, 0.3) is 0 Å². The van der Waals surface area contributed by atoms with Gasteiger partial charge in [0.1, 0.15) is 0 Å². The Morgan fingerprint density at radius 1 is 1.30 bits per heavy atom. The van der Waals surface area contributed by atoms with Gasteiger partial charge in [-0.1, -0.05) is 39.7 Å². The van der Waals surface area contributed by atoms with E-state index >= 15 is 0 Å². The summed E-state index contributed by atoms with van der Waals surface area (Å²) in [6, 6.07) is 12.4. The Kier molecular flexibility index (Phi) is 4.68. The quantitative estimate of drug-likeness (QED) is 0.813. The smallest absolute Gasteiger partial charge is 0.251 e. The van der Waals surface area contributed by atoms with E-state index in [9.17, 15) is 4.79 Å². The van der Waals surface area contributed by atoms with Crippen LogP contribution in [0, 0.1) is 0 Å². The van der Waals surface area contributed by atoms with Crippen molar-refractivity contribution in [1.29, 1.82) is 0 Å². The van der Waals surface area contributed by atoms with Gasteiger partial charge in [0.15, 0.2) is 0 Å². The summed E-state index contributed by atoms with van der Waals surface area (Å²) in [6.45, 7) is 1.91. The molecule has 1 amide bonds. The van der Waals surface area contributed by atoms with E-state index in [-0.39, 0.29) is 11.9 Å². The van der Waals surface area contributed by atoms with Gasteiger partial charge in [-0.15, -0.1) is 0 Å². The molecule has 0 radical (unpaired) electrons. The van der Waals surface area contributed by atoms with Gasteiger partial charge < -0.3 is 11.1 Å². The number of halogens is 2. The predicted molar refractivity (Wildman–Crippen MR) is 85.9 cm³/mol. The molecule has 1 unspecified atom stereocenters. The van der Waals surface area contributed by atoms with Crippen molar-refractivity contribution >= 4 is 39.1 Å². The van der Waals surface area contributed by atoms with Crippen molar-refractivity contribution in [1.82, 2.24) is 5.32 Å². The van der Waals surface area contributed by atoms with Crippen LogP contribution in [0.5, 0.6) is 0 Å². The summed E-state index contributed by atoms with van der Waals surface area (Å²) < 4.78 is 0.770. The molecule has 3 N–H and O–H groups in total. The maximum atomic E-state index is 12.2. The second kappa shape index (κ2) is 6.29. The number of benzene rings is 2. The topological polar surface area (TPSA) is 55.1 Å². The Morgan fingerprint density at radius 2 is 2.05 bits per heavy atom. The minimum absolute atomic E-state index is 0.135. The fourth-order valence-corrected chi connectivity index (χ4v) is 2.74. The maximum absolute atomic E-state index is 12.2. The number of nitrogen functional groups attached to an aromatic ring is 1. The van der Waals surface area contributed by atoms with Crippen LogP contribution in [0.15, 0.2) is 46.9 Å². The van der Waals surface area contributed by atoms with Gasteiger partial charge in [-0.05, 0) is 42.8 Å². The van der Waals surface area contributed by atoms with Crippen molar-refractivity contribution in [3.05, 3.63) is 63.1 Å². The Labute approximate surface area is 131 Å². The highest BCUT2D eigenvalue weighted by atomic mass is 79.9. The molecule has 3 nitrogen and oxygen atoms in total. The zero-order valence-electron chi connectivity index (χ0n) is 10.9. The lowest BCUT2D eigenvalue weighted by Gasteiger charge is -2.15. The third-order valence-electron chi connectivity index (χ3n) is 2.88. The SMILES string of the molecule is CC(NC(=O)c1cc(Cl)cc(Br)c1)c1cccc(N)c1. The van der Waals surface area contributed by atoms with E-state index in [0.29, 0.717) is 16.3 Å². The molecule has 0 saturated heterocycles. The van der Waals surface area contributed by atoms with Gasteiger partial charge in [-0.3, -0.25) is 4.79 Å². The first kappa shape index (κ1) is 14.9. The number of rotatable bonds is 3. The lowest BCUT2D eigenvalue weighted by atomic mass is 10.1. The highest BCUT2D eigenvalue weighted by molar-refractivity contribution is 9.10. The van der Waals surface area contributed by atoms with Crippen LogP contribution in [0.3, 0.4) is 0 Å². The lowest BCUT2D eigenvalue weighted by molar-refractivity contribution is 0.0940. The van der Waals surface area contributed by atoms with E-state index in [2.05, 4.69) is 21.2 Å². The summed E-state index contributed by atoms with van der Waals surface area (Å²) in [6.07, 6.45) is 0. The summed E-state index contributed by atoms with van der Waals surface area (Å²) in [5.74, 6) is -0.178. The largest absolute Gasteiger partial charge is 0.399 e. The Bertz CT molecular complexity index is 625. The molecule has 2 rings (SSSR count). The first-order chi connectivity index (χ1) is 9.45. The summed E-state index contributed by atoms with van der Waals surface area (Å²) in [7, 11) is 0. The standard InChI is InChI=1S/C15H14BrClN2O/c1-9(10-3-2-4-14(18)7-10)19-15(20)11-5-12(16)8-13(17)6-11/h2-9H,18H2,1H3,(H,19,20). The second-order valence-electron chi connectivity index (χ2n) is 4.52. The molecular weight excluding hydrogens is 340 g/mol. The lowest BCUT2D eigenvalue weighted by Crippen LogP contribution is -2.26. The van der Waals surface area contributed by atoms with Gasteiger partial charge in [-0.2, -0.15) is 0 Å². The predicted octanol–water partition coefficient (Wildman–Crippen LogP) is 4.18. The zero-order valence-corrected chi connectivity index (χ0v) is 13.2. The molecule has 0 aliphatic rings. The van der Waals surface area contributed by atoms with Crippen molar-refractivity contribution < 1.29 is 4.79 Å². The highest BCUT2D eigenvalue weighted by Crippen LogP contribution is 2.21. The number of hydrogen-bond donors (Lipinski definition) is 2. The van der Waals surface area contributed by atoms with Crippen LogP contribution in [-0.2, 0) is 0 Å². The van der Waals surface area contributed by atoms with Gasteiger partial charge in [0.25, 0.3) is 5.91 Å². The number of carbonyl (C=O) groups excluding carboxylic acids is 1. The number of carbonyl (C=O) groups is 1. The Morgan fingerprint density at radius 3 is 2.70 bits per heavy atom. The van der Waals surface area contributed by atoms with Crippen molar-refractivity contribution in [3.63, 3.8) is 0 Å². The van der Waals surface area contributed by atoms with E-state index < -0.39 is 0 Å². The molecule has 104 valence electrons. The molecule has 0 heterocycles. The maximum Gasteiger partial charge on any atom is 0.251 e. The average Bonchev–Trinajstić information content (AvgIpc) is 2.37. The van der Waals surface area contributed by atoms with Crippen molar-refractivity contribution in [2.45, 2.75) is 13.0 Å². The summed E-state index contributed by atoms with van der Waals surface area (Å²) in [4.78, 5) is 12.2.